The van der Waals surface area contributed by atoms with E-state index < -0.39 is 0 Å². The molecule has 0 unspecified atom stereocenters. The molecule has 0 bridgehead atoms. The van der Waals surface area contributed by atoms with E-state index in [-0.39, 0.29) is 11.7 Å². The van der Waals surface area contributed by atoms with Crippen LogP contribution in [0.1, 0.15) is 16.1 Å². The lowest BCUT2D eigenvalue weighted by Crippen LogP contribution is -2.22. The van der Waals surface area contributed by atoms with Gasteiger partial charge in [-0.1, -0.05) is 52.6 Å². The minimum atomic E-state index is -0.333. The Kier molecular flexibility index (Phi) is 4.65. The number of nitrogens with zero attached hydrogens (tertiary/aromatic N) is 1. The van der Waals surface area contributed by atoms with Crippen molar-refractivity contribution in [2.24, 2.45) is 0 Å². The van der Waals surface area contributed by atoms with Crippen LogP contribution < -0.4 is 5.32 Å². The molecular weight excluding hydrogens is 335 g/mol. The second kappa shape index (κ2) is 6.86. The highest BCUT2D eigenvalue weighted by atomic mass is 35.5. The van der Waals surface area contributed by atoms with Crippen molar-refractivity contribution in [3.8, 4) is 11.3 Å². The van der Waals surface area contributed by atoms with Crippen molar-refractivity contribution in [2.45, 2.75) is 6.54 Å². The van der Waals surface area contributed by atoms with Crippen LogP contribution in [0.2, 0.25) is 10.0 Å². The lowest BCUT2D eigenvalue weighted by molar-refractivity contribution is 0.0914. The van der Waals surface area contributed by atoms with E-state index in [1.165, 1.54) is 0 Å². The number of hydrogen-bond acceptors (Lipinski definition) is 3. The molecule has 0 atom stereocenters. The molecular formula is C17H12Cl2N2O2. The summed E-state index contributed by atoms with van der Waals surface area (Å²) in [5, 5.41) is 7.92. The van der Waals surface area contributed by atoms with E-state index in [1.807, 2.05) is 24.3 Å². The smallest absolute Gasteiger partial charge is 0.290 e. The average Bonchev–Trinajstić information content (AvgIpc) is 3.04. The zero-order valence-corrected chi connectivity index (χ0v) is 13.4. The maximum Gasteiger partial charge on any atom is 0.290 e. The molecule has 4 nitrogen and oxygen atoms in total. The Morgan fingerprint density at radius 1 is 1.04 bits per heavy atom. The number of aromatic nitrogens is 1. The molecule has 0 saturated carbocycles. The highest BCUT2D eigenvalue weighted by Crippen LogP contribution is 2.22. The van der Waals surface area contributed by atoms with Crippen LogP contribution in [0.4, 0.5) is 0 Å². The van der Waals surface area contributed by atoms with E-state index in [0.717, 1.165) is 11.1 Å². The molecule has 1 heterocycles. The SMILES string of the molecule is O=C(NCc1ccc(Cl)cc1)c1cc(-c2cccc(Cl)c2)no1. The molecule has 1 amide bonds. The lowest BCUT2D eigenvalue weighted by Gasteiger charge is -2.02. The molecule has 3 rings (SSSR count). The van der Waals surface area contributed by atoms with Crippen molar-refractivity contribution < 1.29 is 9.32 Å². The molecule has 0 radical (unpaired) electrons. The topological polar surface area (TPSA) is 55.1 Å². The summed E-state index contributed by atoms with van der Waals surface area (Å²) < 4.78 is 5.10. The second-order valence-electron chi connectivity index (χ2n) is 4.90. The summed E-state index contributed by atoms with van der Waals surface area (Å²) in [6, 6.07) is 16.0. The Hall–Kier alpha value is -2.30. The van der Waals surface area contributed by atoms with Crippen molar-refractivity contribution in [1.29, 1.82) is 0 Å². The van der Waals surface area contributed by atoms with Crippen molar-refractivity contribution >= 4 is 29.1 Å². The first-order valence-corrected chi connectivity index (χ1v) is 7.63. The second-order valence-corrected chi connectivity index (χ2v) is 5.77. The number of nitrogens with one attached hydrogen (secondary N) is 1. The number of amides is 1. The van der Waals surface area contributed by atoms with Crippen LogP contribution >= 0.6 is 23.2 Å². The summed E-state index contributed by atoms with van der Waals surface area (Å²) in [6.45, 7) is 0.378. The van der Waals surface area contributed by atoms with Crippen LogP contribution in [0.15, 0.2) is 59.1 Å². The predicted octanol–water partition coefficient (Wildman–Crippen LogP) is 4.58. The zero-order chi connectivity index (χ0) is 16.2. The molecule has 23 heavy (non-hydrogen) atoms. The van der Waals surface area contributed by atoms with Gasteiger partial charge in [0, 0.05) is 28.2 Å². The summed E-state index contributed by atoms with van der Waals surface area (Å²) in [5.74, 6) is -0.185. The van der Waals surface area contributed by atoms with Crippen molar-refractivity contribution in [1.82, 2.24) is 10.5 Å². The first-order chi connectivity index (χ1) is 11.1. The van der Waals surface area contributed by atoms with E-state index in [0.29, 0.717) is 22.3 Å². The van der Waals surface area contributed by atoms with Gasteiger partial charge >= 0.3 is 0 Å². The van der Waals surface area contributed by atoms with Crippen molar-refractivity contribution in [3.05, 3.63) is 76.0 Å². The molecule has 0 saturated heterocycles. The van der Waals surface area contributed by atoms with Crippen LogP contribution in [0.25, 0.3) is 11.3 Å². The van der Waals surface area contributed by atoms with Crippen molar-refractivity contribution in [3.63, 3.8) is 0 Å². The van der Waals surface area contributed by atoms with Gasteiger partial charge in [-0.05, 0) is 29.8 Å². The summed E-state index contributed by atoms with van der Waals surface area (Å²) in [7, 11) is 0. The monoisotopic (exact) mass is 346 g/mol. The number of carbonyl (C=O) groups is 1. The van der Waals surface area contributed by atoms with E-state index in [4.69, 9.17) is 27.7 Å². The van der Waals surface area contributed by atoms with Crippen LogP contribution in [0.3, 0.4) is 0 Å². The molecule has 6 heteroatoms. The Labute approximate surface area is 143 Å². The van der Waals surface area contributed by atoms with Gasteiger partial charge in [0.1, 0.15) is 5.69 Å². The molecule has 1 N–H and O–H groups in total. The molecule has 3 aromatic rings. The maximum absolute atomic E-state index is 12.1. The first kappa shape index (κ1) is 15.6. The quantitative estimate of drug-likeness (QED) is 0.752. The van der Waals surface area contributed by atoms with Gasteiger partial charge in [0.05, 0.1) is 0 Å². The molecule has 0 fully saturated rings. The van der Waals surface area contributed by atoms with Gasteiger partial charge in [0.25, 0.3) is 5.91 Å². The minimum absolute atomic E-state index is 0.147. The highest BCUT2D eigenvalue weighted by Gasteiger charge is 2.14. The average molecular weight is 347 g/mol. The normalized spacial score (nSPS) is 10.5. The van der Waals surface area contributed by atoms with E-state index in [1.54, 1.807) is 30.3 Å². The van der Waals surface area contributed by atoms with Gasteiger partial charge in [-0.3, -0.25) is 4.79 Å². The van der Waals surface area contributed by atoms with Gasteiger partial charge in [-0.2, -0.15) is 0 Å². The number of halogens is 2. The fourth-order valence-corrected chi connectivity index (χ4v) is 2.35. The third kappa shape index (κ3) is 3.92. The van der Waals surface area contributed by atoms with Crippen LogP contribution in [-0.2, 0) is 6.54 Å². The number of hydrogen-bond donors (Lipinski definition) is 1. The third-order valence-electron chi connectivity index (χ3n) is 3.22. The fraction of sp³-hybridized carbons (Fsp3) is 0.0588. The van der Waals surface area contributed by atoms with Gasteiger partial charge in [0.2, 0.25) is 5.76 Å². The highest BCUT2D eigenvalue weighted by molar-refractivity contribution is 6.31. The predicted molar refractivity (Wildman–Crippen MR) is 89.6 cm³/mol. The van der Waals surface area contributed by atoms with Crippen LogP contribution in [-0.4, -0.2) is 11.1 Å². The van der Waals surface area contributed by atoms with Crippen LogP contribution in [0, 0.1) is 0 Å². The first-order valence-electron chi connectivity index (χ1n) is 6.87. The van der Waals surface area contributed by atoms with Gasteiger partial charge in [-0.15, -0.1) is 0 Å². The van der Waals surface area contributed by atoms with Gasteiger partial charge in [0.15, 0.2) is 0 Å². The number of carbonyl (C=O) groups excluding carboxylic acids is 1. The Balaban J connectivity index is 1.67. The number of rotatable bonds is 4. The molecule has 116 valence electrons. The minimum Gasteiger partial charge on any atom is -0.350 e. The maximum atomic E-state index is 12.1. The molecule has 0 aliphatic rings. The molecule has 1 aromatic heterocycles. The Morgan fingerprint density at radius 2 is 1.83 bits per heavy atom. The number of benzene rings is 2. The molecule has 0 aliphatic heterocycles. The largest absolute Gasteiger partial charge is 0.350 e. The third-order valence-corrected chi connectivity index (χ3v) is 3.71. The van der Waals surface area contributed by atoms with Crippen molar-refractivity contribution in [2.75, 3.05) is 0 Å². The molecule has 0 aliphatic carbocycles. The zero-order valence-electron chi connectivity index (χ0n) is 11.9. The Morgan fingerprint density at radius 3 is 2.57 bits per heavy atom. The lowest BCUT2D eigenvalue weighted by atomic mass is 10.1. The van der Waals surface area contributed by atoms with Gasteiger partial charge in [-0.25, -0.2) is 0 Å². The summed E-state index contributed by atoms with van der Waals surface area (Å²) in [6.07, 6.45) is 0. The Bertz CT molecular complexity index is 829. The summed E-state index contributed by atoms with van der Waals surface area (Å²) in [5.41, 5.74) is 2.29. The van der Waals surface area contributed by atoms with E-state index in [9.17, 15) is 4.79 Å². The molecule has 2 aromatic carbocycles. The fourth-order valence-electron chi connectivity index (χ4n) is 2.04. The summed E-state index contributed by atoms with van der Waals surface area (Å²) in [4.78, 5) is 12.1. The van der Waals surface area contributed by atoms with Crippen LogP contribution in [0.5, 0.6) is 0 Å². The molecule has 0 spiro atoms. The van der Waals surface area contributed by atoms with E-state index >= 15 is 0 Å². The standard InChI is InChI=1S/C17H12Cl2N2O2/c18-13-6-4-11(5-7-13)10-20-17(22)16-9-15(21-23-16)12-2-1-3-14(19)8-12/h1-9H,10H2,(H,20,22). The summed E-state index contributed by atoms with van der Waals surface area (Å²) >= 11 is 11.8. The van der Waals surface area contributed by atoms with Gasteiger partial charge < -0.3 is 9.84 Å². The van der Waals surface area contributed by atoms with E-state index in [2.05, 4.69) is 10.5 Å².